The maximum atomic E-state index is 5.83. The molecule has 1 heterocycles. The fourth-order valence-corrected chi connectivity index (χ4v) is 2.37. The van der Waals surface area contributed by atoms with Crippen LogP contribution < -0.4 is 4.74 Å². The molecule has 0 unspecified atom stereocenters. The van der Waals surface area contributed by atoms with Gasteiger partial charge in [-0.3, -0.25) is 0 Å². The highest BCUT2D eigenvalue weighted by atomic mass is 16.5. The van der Waals surface area contributed by atoms with E-state index in [1.807, 2.05) is 66.7 Å². The number of nitrogens with zero attached hydrogens (tertiary/aromatic N) is 1. The average molecular weight is 270 g/mol. The Kier molecular flexibility index (Phi) is 2.79. The molecule has 2 heteroatoms. The molecule has 0 bridgehead atoms. The second-order valence-electron chi connectivity index (χ2n) is 4.85. The van der Waals surface area contributed by atoms with Crippen LogP contribution in [-0.4, -0.2) is 4.98 Å². The second-order valence-corrected chi connectivity index (χ2v) is 4.85. The number of hydrogen-bond donors (Lipinski definition) is 0. The monoisotopic (exact) mass is 270 g/mol. The van der Waals surface area contributed by atoms with Gasteiger partial charge in [0.25, 0.3) is 0 Å². The third-order valence-electron chi connectivity index (χ3n) is 3.42. The summed E-state index contributed by atoms with van der Waals surface area (Å²) in [5, 5.41) is 3.29. The van der Waals surface area contributed by atoms with Gasteiger partial charge in [-0.05, 0) is 29.0 Å². The lowest BCUT2D eigenvalue weighted by atomic mass is 10.1. The Morgan fingerprint density at radius 3 is 2.43 bits per heavy atom. The molecule has 2 nitrogen and oxygen atoms in total. The Hall–Kier alpha value is -2.87. The molecule has 0 saturated carbocycles. The van der Waals surface area contributed by atoms with Gasteiger partial charge in [0.05, 0.1) is 5.52 Å². The Labute approximate surface area is 122 Å². The van der Waals surface area contributed by atoms with E-state index in [1.165, 1.54) is 0 Å². The normalized spacial score (nSPS) is 10.9. The largest absolute Gasteiger partial charge is 0.438 e. The van der Waals surface area contributed by atoms with Gasteiger partial charge in [0, 0.05) is 17.5 Å². The summed E-state index contributed by atoms with van der Waals surface area (Å²) in [4.78, 5) is 4.51. The van der Waals surface area contributed by atoms with Crippen molar-refractivity contribution < 1.29 is 4.74 Å². The molecule has 0 fully saturated rings. The quantitative estimate of drug-likeness (QED) is 0.512. The Balaban J connectivity index is 1.71. The van der Waals surface area contributed by atoms with E-state index in [9.17, 15) is 0 Å². The molecule has 1 radical (unpaired) electrons. The summed E-state index contributed by atoms with van der Waals surface area (Å²) in [5.41, 5.74) is 0.927. The summed E-state index contributed by atoms with van der Waals surface area (Å²) in [5.74, 6) is 1.26. The minimum atomic E-state index is 0.584. The summed E-state index contributed by atoms with van der Waals surface area (Å²) in [6.45, 7) is 0. The van der Waals surface area contributed by atoms with E-state index in [4.69, 9.17) is 4.74 Å². The van der Waals surface area contributed by atoms with Crippen molar-refractivity contribution in [2.24, 2.45) is 0 Å². The molecule has 0 spiro atoms. The van der Waals surface area contributed by atoms with E-state index >= 15 is 0 Å². The van der Waals surface area contributed by atoms with Crippen LogP contribution in [0.1, 0.15) is 0 Å². The molecule has 4 rings (SSSR count). The van der Waals surface area contributed by atoms with Crippen LogP contribution in [0.3, 0.4) is 0 Å². The molecular weight excluding hydrogens is 258 g/mol. The van der Waals surface area contributed by atoms with Crippen LogP contribution in [0.25, 0.3) is 21.7 Å². The third-order valence-corrected chi connectivity index (χ3v) is 3.42. The molecule has 0 saturated heterocycles. The van der Waals surface area contributed by atoms with Crippen molar-refractivity contribution in [3.05, 3.63) is 78.9 Å². The first-order valence-corrected chi connectivity index (χ1v) is 6.83. The first-order chi connectivity index (χ1) is 10.4. The highest BCUT2D eigenvalue weighted by Crippen LogP contribution is 2.25. The molecule has 0 N–H and O–H groups in total. The maximum Gasteiger partial charge on any atom is 0.219 e. The van der Waals surface area contributed by atoms with Crippen molar-refractivity contribution >= 4 is 21.7 Å². The molecule has 0 amide bonds. The predicted molar refractivity (Wildman–Crippen MR) is 84.6 cm³/mol. The molecule has 0 aliphatic heterocycles. The van der Waals surface area contributed by atoms with E-state index < -0.39 is 0 Å². The van der Waals surface area contributed by atoms with Crippen molar-refractivity contribution in [3.8, 4) is 11.6 Å². The van der Waals surface area contributed by atoms with E-state index in [0.29, 0.717) is 11.6 Å². The summed E-state index contributed by atoms with van der Waals surface area (Å²) in [7, 11) is 0. The number of hydrogen-bond acceptors (Lipinski definition) is 2. The maximum absolute atomic E-state index is 5.83. The average Bonchev–Trinajstić information content (AvgIpc) is 2.55. The first-order valence-electron chi connectivity index (χ1n) is 6.83. The Morgan fingerprint density at radius 2 is 1.48 bits per heavy atom. The van der Waals surface area contributed by atoms with Gasteiger partial charge in [-0.25, -0.2) is 4.98 Å². The van der Waals surface area contributed by atoms with Crippen LogP contribution in [0, 0.1) is 6.07 Å². The molecule has 0 aliphatic rings. The van der Waals surface area contributed by atoms with Crippen LogP contribution in [0.15, 0.2) is 72.8 Å². The molecule has 1 aromatic heterocycles. The highest BCUT2D eigenvalue weighted by Gasteiger charge is 2.02. The predicted octanol–water partition coefficient (Wildman–Crippen LogP) is 4.98. The summed E-state index contributed by atoms with van der Waals surface area (Å²) < 4.78 is 5.83. The number of ether oxygens (including phenoxy) is 1. The zero-order valence-corrected chi connectivity index (χ0v) is 11.3. The number of benzene rings is 3. The summed E-state index contributed by atoms with van der Waals surface area (Å²) >= 11 is 0. The SMILES string of the molecule is [c]1c(Oc2ccc3ccccc3n2)ccc2ccccc12. The van der Waals surface area contributed by atoms with Gasteiger partial charge in [-0.15, -0.1) is 0 Å². The fraction of sp³-hybridized carbons (Fsp3) is 0. The molecule has 0 aliphatic carbocycles. The van der Waals surface area contributed by atoms with E-state index in [1.54, 1.807) is 0 Å². The van der Waals surface area contributed by atoms with Crippen LogP contribution in [0.2, 0.25) is 0 Å². The number of para-hydroxylation sites is 1. The summed E-state index contributed by atoms with van der Waals surface area (Å²) in [6.07, 6.45) is 0. The zero-order valence-electron chi connectivity index (χ0n) is 11.3. The van der Waals surface area contributed by atoms with Crippen molar-refractivity contribution in [2.45, 2.75) is 0 Å². The lowest BCUT2D eigenvalue weighted by Crippen LogP contribution is -1.88. The van der Waals surface area contributed by atoms with Crippen molar-refractivity contribution in [1.82, 2.24) is 4.98 Å². The first kappa shape index (κ1) is 11.9. The minimum Gasteiger partial charge on any atom is -0.438 e. The van der Waals surface area contributed by atoms with Gasteiger partial charge in [0.2, 0.25) is 5.88 Å². The molecular formula is C19H12NO. The molecule has 3 aromatic carbocycles. The standard InChI is InChI=1S/C19H12NO/c1-2-7-16-13-17(11-9-14(16)5-1)21-19-12-10-15-6-3-4-8-18(15)20-19/h1-12H. The topological polar surface area (TPSA) is 22.1 Å². The lowest BCUT2D eigenvalue weighted by molar-refractivity contribution is 0.465. The van der Waals surface area contributed by atoms with Gasteiger partial charge >= 0.3 is 0 Å². The van der Waals surface area contributed by atoms with Crippen LogP contribution in [0.5, 0.6) is 11.6 Å². The van der Waals surface area contributed by atoms with Crippen molar-refractivity contribution in [3.63, 3.8) is 0 Å². The van der Waals surface area contributed by atoms with Crippen molar-refractivity contribution in [1.29, 1.82) is 0 Å². The minimum absolute atomic E-state index is 0.584. The number of rotatable bonds is 2. The third kappa shape index (κ3) is 2.32. The van der Waals surface area contributed by atoms with Crippen molar-refractivity contribution in [2.75, 3.05) is 0 Å². The number of aromatic nitrogens is 1. The van der Waals surface area contributed by atoms with E-state index in [2.05, 4.69) is 17.1 Å². The van der Waals surface area contributed by atoms with Gasteiger partial charge < -0.3 is 4.74 Å². The van der Waals surface area contributed by atoms with Gasteiger partial charge in [0.15, 0.2) is 0 Å². The fourth-order valence-electron chi connectivity index (χ4n) is 2.37. The number of pyridine rings is 1. The van der Waals surface area contributed by atoms with E-state index in [0.717, 1.165) is 21.7 Å². The molecule has 0 atom stereocenters. The zero-order chi connectivity index (χ0) is 14.1. The van der Waals surface area contributed by atoms with E-state index in [-0.39, 0.29) is 0 Å². The van der Waals surface area contributed by atoms with Gasteiger partial charge in [0.1, 0.15) is 5.75 Å². The molecule has 21 heavy (non-hydrogen) atoms. The Bertz CT molecular complexity index is 853. The summed E-state index contributed by atoms with van der Waals surface area (Å²) in [6, 6.07) is 27.2. The smallest absolute Gasteiger partial charge is 0.219 e. The van der Waals surface area contributed by atoms with Crippen LogP contribution in [-0.2, 0) is 0 Å². The molecule has 4 aromatic rings. The second kappa shape index (κ2) is 4.91. The van der Waals surface area contributed by atoms with Gasteiger partial charge in [-0.1, -0.05) is 48.5 Å². The van der Waals surface area contributed by atoms with Crippen LogP contribution in [0.4, 0.5) is 0 Å². The highest BCUT2D eigenvalue weighted by molar-refractivity contribution is 5.83. The van der Waals surface area contributed by atoms with Crippen LogP contribution >= 0.6 is 0 Å². The van der Waals surface area contributed by atoms with Gasteiger partial charge in [-0.2, -0.15) is 0 Å². The lowest BCUT2D eigenvalue weighted by Gasteiger charge is -2.06. The molecule has 99 valence electrons. The number of fused-ring (bicyclic) bond motifs is 2. The Morgan fingerprint density at radius 1 is 0.714 bits per heavy atom.